The minimum absolute atomic E-state index is 0.423. The molecule has 1 aromatic heterocycles. The molecule has 63 heteroatoms. The number of ether oxygens (including phenoxy) is 8. The molecule has 0 amide bonds. The summed E-state index contributed by atoms with van der Waals surface area (Å²) in [6.45, 7) is -17.1. The van der Waals surface area contributed by atoms with Crippen molar-refractivity contribution in [2.45, 2.75) is 170 Å². The molecule has 0 saturated carbocycles. The minimum atomic E-state index is -8.31. The van der Waals surface area contributed by atoms with Crippen LogP contribution in [0.5, 0.6) is 23.0 Å². The van der Waals surface area contributed by atoms with E-state index in [2.05, 4.69) is 44.5 Å². The van der Waals surface area contributed by atoms with Crippen LogP contribution >= 0.6 is 0 Å². The van der Waals surface area contributed by atoms with Gasteiger partial charge in [-0.15, -0.1) is 0 Å². The molecule has 0 aliphatic rings. The lowest BCUT2D eigenvalue weighted by atomic mass is 9.93. The fourth-order valence-electron chi connectivity index (χ4n) is 8.18. The van der Waals surface area contributed by atoms with Crippen LogP contribution in [0.2, 0.25) is 0 Å². The van der Waals surface area contributed by atoms with Crippen LogP contribution in [0, 0.1) is 6.92 Å². The summed E-state index contributed by atoms with van der Waals surface area (Å²) in [5.41, 5.74) is -0.936. The van der Waals surface area contributed by atoms with Crippen molar-refractivity contribution >= 4 is 23.3 Å². The fourth-order valence-corrected chi connectivity index (χ4v) is 8.18. The molecule has 0 spiro atoms. The van der Waals surface area contributed by atoms with Gasteiger partial charge in [0.05, 0.1) is 52.9 Å². The fraction of sp³-hybridized carbons (Fsp3) is 0.727. The Kier molecular flexibility index (Phi) is 30.9. The van der Waals surface area contributed by atoms with Gasteiger partial charge in [0, 0.05) is 49.2 Å². The standard InChI is InChI=1S/C55H43F50N5O8/c1-24-106-31(108-25-2-4-27(115-18-14-111-10-6-33(56,57)37(64,65)41(72,73)45(80,81)49(88,89)53(97,98)99)29(22-25)117-20-16-113-11-7-34(58,59)38(66,67)42(74,75)46(82,83)50(90,91)54(100,101)102)110-32(107-24)109-26-3-5-28(116-19-15-112-13-9-36(62,63)40(70,71)44(78,79)48(86,87)52(94,95)96)30(23-26)118-21-17-114-12-8-35(60,61)39(68,69)43(76,77)47(84,85)51(92,93)55(103,104)105/h2-5,22-23H,6-21H2,1H3,(H2,106,107,108,109,110). The third-order valence-corrected chi connectivity index (χ3v) is 14.9. The van der Waals surface area contributed by atoms with Crippen LogP contribution in [0.25, 0.3) is 0 Å². The number of hydrogen-bond acceptors (Lipinski definition) is 13. The van der Waals surface area contributed by atoms with Crippen molar-refractivity contribution in [3.8, 4) is 23.0 Å². The SMILES string of the molecule is Cc1nc(Nc2ccc(OCCOCCC(F)(F)C(F)(F)C(F)(F)C(F)(F)C(F)(F)F)c(OCCOCCC(F)(F)C(F)(F)C(F)(F)C(F)(F)C(F)(F)C(F)(F)F)c2)nc(Nc2ccc(OCCOCCC(F)(F)C(F)(F)C(F)(F)C(F)(F)C(F)(F)C(F)(F)F)c(OCCOCCC(F)(F)C(F)(F)C(F)(F)C(F)(F)C(F)(F)C(F)(F)F)c2)n1. The first-order valence-corrected chi connectivity index (χ1v) is 30.2. The summed E-state index contributed by atoms with van der Waals surface area (Å²) in [5, 5.41) is 4.73. The Morgan fingerprint density at radius 3 is 0.610 bits per heavy atom. The molecular formula is C55H43F50N5O8. The Morgan fingerprint density at radius 1 is 0.220 bits per heavy atom. The maximum absolute atomic E-state index is 14.4. The topological polar surface area (TPSA) is 137 Å². The molecular weight excluding hydrogens is 1810 g/mol. The number of anilines is 4. The van der Waals surface area contributed by atoms with Crippen LogP contribution < -0.4 is 29.6 Å². The van der Waals surface area contributed by atoms with E-state index >= 15 is 0 Å². The Morgan fingerprint density at radius 2 is 0.407 bits per heavy atom. The first-order chi connectivity index (χ1) is 52.4. The van der Waals surface area contributed by atoms with Crippen LogP contribution in [0.4, 0.5) is 243 Å². The molecule has 0 saturated heterocycles. The van der Waals surface area contributed by atoms with Gasteiger partial charge in [-0.25, -0.2) is 0 Å². The number of hydrogen-bond donors (Lipinski definition) is 2. The second kappa shape index (κ2) is 34.8. The quantitative estimate of drug-likeness (QED) is 0.0410. The average molecular weight is 1850 g/mol. The monoisotopic (exact) mass is 1850 g/mol. The summed E-state index contributed by atoms with van der Waals surface area (Å²) in [5.74, 6) is -152. The van der Waals surface area contributed by atoms with Gasteiger partial charge in [0.25, 0.3) is 0 Å². The molecule has 3 rings (SSSR count). The van der Waals surface area contributed by atoms with Crippen molar-refractivity contribution in [1.29, 1.82) is 0 Å². The summed E-state index contributed by atoms with van der Waals surface area (Å²) < 4.78 is 716. The number of aromatic nitrogens is 3. The molecule has 0 bridgehead atoms. The summed E-state index contributed by atoms with van der Waals surface area (Å²) in [6, 6.07) is 4.36. The Bertz CT molecular complexity index is 3760. The number of rotatable bonds is 47. The molecule has 2 aromatic carbocycles. The van der Waals surface area contributed by atoms with E-state index in [1.165, 1.54) is 0 Å². The van der Waals surface area contributed by atoms with Gasteiger partial charge in [0.15, 0.2) is 23.0 Å². The van der Waals surface area contributed by atoms with E-state index in [4.69, 9.17) is 18.9 Å². The van der Waals surface area contributed by atoms with Crippen molar-refractivity contribution in [1.82, 2.24) is 15.0 Å². The van der Waals surface area contributed by atoms with Gasteiger partial charge in [-0.3, -0.25) is 0 Å². The van der Waals surface area contributed by atoms with Crippen molar-refractivity contribution in [2.75, 3.05) is 89.9 Å². The summed E-state index contributed by atoms with van der Waals surface area (Å²) in [4.78, 5) is 11.5. The number of benzene rings is 2. The van der Waals surface area contributed by atoms with Crippen LogP contribution in [-0.2, 0) is 18.9 Å². The van der Waals surface area contributed by atoms with E-state index in [0.717, 1.165) is 19.1 Å². The van der Waals surface area contributed by atoms with Gasteiger partial charge in [-0.2, -0.15) is 234 Å². The lowest BCUT2D eigenvalue weighted by molar-refractivity contribution is -0.440. The highest BCUT2D eigenvalue weighted by Gasteiger charge is 2.94. The van der Waals surface area contributed by atoms with Crippen LogP contribution in [0.1, 0.15) is 31.5 Å². The van der Waals surface area contributed by atoms with E-state index in [-0.39, 0.29) is 0 Å². The van der Waals surface area contributed by atoms with Crippen molar-refractivity contribution in [2.24, 2.45) is 0 Å². The molecule has 0 aliphatic heterocycles. The highest BCUT2D eigenvalue weighted by Crippen LogP contribution is 2.65. The largest absolute Gasteiger partial charge is 0.487 e. The molecule has 0 radical (unpaired) electrons. The molecule has 118 heavy (non-hydrogen) atoms. The number of nitrogens with one attached hydrogen (secondary N) is 2. The van der Waals surface area contributed by atoms with Crippen LogP contribution in [0.3, 0.4) is 0 Å². The number of halogens is 50. The molecule has 2 N–H and O–H groups in total. The second-order valence-electron chi connectivity index (χ2n) is 23.4. The Hall–Kier alpha value is -7.41. The summed E-state index contributed by atoms with van der Waals surface area (Å²) in [6.07, 6.45) is -42.4. The molecule has 686 valence electrons. The molecule has 0 unspecified atom stereocenters. The average Bonchev–Trinajstić information content (AvgIpc) is 0.711. The van der Waals surface area contributed by atoms with Crippen LogP contribution in [0.15, 0.2) is 36.4 Å². The van der Waals surface area contributed by atoms with Gasteiger partial charge in [-0.1, -0.05) is 0 Å². The zero-order chi connectivity index (χ0) is 92.4. The third-order valence-electron chi connectivity index (χ3n) is 14.9. The van der Waals surface area contributed by atoms with Crippen molar-refractivity contribution in [3.63, 3.8) is 0 Å². The number of nitrogens with zero attached hydrogens (tertiary/aromatic N) is 3. The number of aryl methyl sites for hydroxylation is 1. The maximum Gasteiger partial charge on any atom is 0.460 e. The zero-order valence-corrected chi connectivity index (χ0v) is 56.3. The highest BCUT2D eigenvalue weighted by molar-refractivity contribution is 5.63. The molecule has 0 aliphatic carbocycles. The minimum Gasteiger partial charge on any atom is -0.487 e. The van der Waals surface area contributed by atoms with E-state index in [9.17, 15) is 220 Å². The molecule has 1 heterocycles. The predicted octanol–water partition coefficient (Wildman–Crippen LogP) is 21.1. The van der Waals surface area contributed by atoms with Gasteiger partial charge >= 0.3 is 137 Å². The van der Waals surface area contributed by atoms with E-state index in [1.54, 1.807) is 0 Å². The molecule has 0 fully saturated rings. The van der Waals surface area contributed by atoms with E-state index in [0.29, 0.717) is 24.3 Å². The first-order valence-electron chi connectivity index (χ1n) is 30.2. The predicted molar refractivity (Wildman–Crippen MR) is 286 cm³/mol. The van der Waals surface area contributed by atoms with Gasteiger partial charge in [-0.05, 0) is 31.2 Å². The van der Waals surface area contributed by atoms with E-state index < -0.39 is 294 Å². The maximum atomic E-state index is 14.4. The van der Waals surface area contributed by atoms with Crippen LogP contribution in [-0.4, -0.2) is 231 Å². The normalized spacial score (nSPS) is 15.1. The lowest BCUT2D eigenvalue weighted by Crippen LogP contribution is -2.70. The second-order valence-corrected chi connectivity index (χ2v) is 23.4. The first kappa shape index (κ1) is 105. The smallest absolute Gasteiger partial charge is 0.460 e. The zero-order valence-electron chi connectivity index (χ0n) is 56.3. The van der Waals surface area contributed by atoms with Gasteiger partial charge in [0.2, 0.25) is 11.9 Å². The highest BCUT2D eigenvalue weighted by atomic mass is 19.5. The Balaban J connectivity index is 2.00. The lowest BCUT2D eigenvalue weighted by Gasteiger charge is -2.39. The van der Waals surface area contributed by atoms with Crippen molar-refractivity contribution < 1.29 is 257 Å². The molecule has 0 atom stereocenters. The Labute approximate surface area is 620 Å². The van der Waals surface area contributed by atoms with E-state index in [1.807, 2.05) is 0 Å². The molecule has 3 aromatic rings. The molecule has 13 nitrogen and oxygen atoms in total. The number of alkyl halides is 50. The summed E-state index contributed by atoms with van der Waals surface area (Å²) in [7, 11) is 0. The van der Waals surface area contributed by atoms with Gasteiger partial charge < -0.3 is 48.5 Å². The summed E-state index contributed by atoms with van der Waals surface area (Å²) >= 11 is 0. The van der Waals surface area contributed by atoms with Gasteiger partial charge in [0.1, 0.15) is 32.3 Å². The third kappa shape index (κ3) is 20.2. The van der Waals surface area contributed by atoms with Crippen molar-refractivity contribution in [3.05, 3.63) is 42.2 Å².